The lowest BCUT2D eigenvalue weighted by atomic mass is 9.92. The summed E-state index contributed by atoms with van der Waals surface area (Å²) in [4.78, 5) is 41.8. The molecule has 0 aliphatic carbocycles. The molecule has 9 nitrogen and oxygen atoms in total. The van der Waals surface area contributed by atoms with E-state index in [2.05, 4.69) is 22.7 Å². The summed E-state index contributed by atoms with van der Waals surface area (Å²) in [6, 6.07) is 6.18. The van der Waals surface area contributed by atoms with Crippen LogP contribution in [0.2, 0.25) is 0 Å². The number of imide groups is 1. The number of hydrazine groups is 1. The highest BCUT2D eigenvalue weighted by Crippen LogP contribution is 2.30. The molecular weight excluding hydrogens is 394 g/mol. The Hall–Kier alpha value is -3.01. The molecule has 1 atom stereocenters. The first-order valence-corrected chi connectivity index (χ1v) is 10.1. The van der Waals surface area contributed by atoms with E-state index < -0.39 is 23.4 Å². The van der Waals surface area contributed by atoms with Crippen LogP contribution in [0.15, 0.2) is 41.8 Å². The first kappa shape index (κ1) is 20.7. The van der Waals surface area contributed by atoms with Crippen LogP contribution in [-0.4, -0.2) is 45.3 Å². The first-order chi connectivity index (χ1) is 13.9. The Morgan fingerprint density at radius 1 is 1.38 bits per heavy atom. The molecule has 0 saturated carbocycles. The fraction of sp³-hybridized carbons (Fsp3) is 0.368. The molecule has 2 N–H and O–H groups in total. The van der Waals surface area contributed by atoms with Crippen molar-refractivity contribution in [2.24, 2.45) is 0 Å². The third kappa shape index (κ3) is 4.21. The number of benzene rings is 1. The summed E-state index contributed by atoms with van der Waals surface area (Å²) in [7, 11) is 1.52. The predicted octanol–water partition coefficient (Wildman–Crippen LogP) is 1.89. The van der Waals surface area contributed by atoms with E-state index in [1.54, 1.807) is 37.4 Å². The predicted molar refractivity (Wildman–Crippen MR) is 107 cm³/mol. The van der Waals surface area contributed by atoms with E-state index in [-0.39, 0.29) is 5.75 Å². The maximum Gasteiger partial charge on any atom is 0.344 e. The maximum absolute atomic E-state index is 12.9. The Labute approximate surface area is 172 Å². The van der Waals surface area contributed by atoms with Gasteiger partial charge in [-0.2, -0.15) is 5.01 Å². The van der Waals surface area contributed by atoms with Crippen LogP contribution in [0, 0.1) is 0 Å². The van der Waals surface area contributed by atoms with Gasteiger partial charge in [-0.05, 0) is 31.0 Å². The number of nitrogens with one attached hydrogen (secondary N) is 2. The number of ether oxygens (including phenoxy) is 1. The number of rotatable bonds is 8. The Balaban J connectivity index is 1.66. The molecule has 0 radical (unpaired) electrons. The highest BCUT2D eigenvalue weighted by molar-refractivity contribution is 7.99. The molecule has 2 aromatic rings. The van der Waals surface area contributed by atoms with Crippen LogP contribution in [0.1, 0.15) is 25.8 Å². The van der Waals surface area contributed by atoms with Gasteiger partial charge in [0.05, 0.1) is 12.9 Å². The largest absolute Gasteiger partial charge is 0.497 e. The van der Waals surface area contributed by atoms with Crippen molar-refractivity contribution in [2.75, 3.05) is 12.9 Å². The lowest BCUT2D eigenvalue weighted by Crippen LogP contribution is -2.48. The average Bonchev–Trinajstić information content (AvgIpc) is 3.25. The van der Waals surface area contributed by atoms with Crippen molar-refractivity contribution in [3.63, 3.8) is 0 Å². The fourth-order valence-electron chi connectivity index (χ4n) is 3.00. The topological polar surface area (TPSA) is 106 Å². The van der Waals surface area contributed by atoms with Crippen molar-refractivity contribution < 1.29 is 19.1 Å². The maximum atomic E-state index is 12.9. The third-order valence-corrected chi connectivity index (χ3v) is 5.55. The number of amides is 4. The number of imidazole rings is 1. The van der Waals surface area contributed by atoms with Crippen molar-refractivity contribution in [2.45, 2.75) is 37.5 Å². The smallest absolute Gasteiger partial charge is 0.344 e. The second-order valence-electron chi connectivity index (χ2n) is 6.65. The minimum atomic E-state index is -1.30. The monoisotopic (exact) mass is 417 g/mol. The number of aromatic nitrogens is 2. The number of carbonyl (C=O) groups excluding carboxylic acids is 3. The van der Waals surface area contributed by atoms with E-state index in [9.17, 15) is 14.4 Å². The molecule has 1 aliphatic rings. The van der Waals surface area contributed by atoms with Crippen molar-refractivity contribution in [3.05, 3.63) is 42.2 Å². The molecule has 1 aromatic carbocycles. The summed E-state index contributed by atoms with van der Waals surface area (Å²) in [5.74, 6) is -0.457. The van der Waals surface area contributed by atoms with E-state index in [0.29, 0.717) is 16.5 Å². The molecule has 0 bridgehead atoms. The summed E-state index contributed by atoms with van der Waals surface area (Å²) in [6.07, 6.45) is 4.47. The molecule has 0 spiro atoms. The number of methoxy groups -OCH3 is 1. The van der Waals surface area contributed by atoms with Gasteiger partial charge in [0.1, 0.15) is 11.3 Å². The second-order valence-corrected chi connectivity index (χ2v) is 7.60. The standard InChI is InChI=1S/C19H23N5O4S/c1-4-9-23-10-8-20-18(23)29-12-15(25)22-24-16(26)19(2,21-17(24)27)13-6-5-7-14(11-13)28-3/h5-8,10-11H,4,9,12H2,1-3H3,(H,21,27)(H,22,25). The van der Waals surface area contributed by atoms with Crippen LogP contribution >= 0.6 is 11.8 Å². The number of carbonyl (C=O) groups is 3. The Bertz CT molecular complexity index is 931. The Morgan fingerprint density at radius 3 is 2.90 bits per heavy atom. The average molecular weight is 417 g/mol. The van der Waals surface area contributed by atoms with Crippen LogP contribution in [-0.2, 0) is 21.7 Å². The molecule has 1 fully saturated rings. The summed E-state index contributed by atoms with van der Waals surface area (Å²) < 4.78 is 7.14. The molecular formula is C19H23N5O4S. The molecule has 10 heteroatoms. The lowest BCUT2D eigenvalue weighted by molar-refractivity contribution is -0.138. The van der Waals surface area contributed by atoms with Crippen molar-refractivity contribution >= 4 is 29.6 Å². The Kier molecular flexibility index (Phi) is 6.12. The van der Waals surface area contributed by atoms with Crippen LogP contribution in [0.3, 0.4) is 0 Å². The van der Waals surface area contributed by atoms with E-state index >= 15 is 0 Å². The summed E-state index contributed by atoms with van der Waals surface area (Å²) in [5.41, 5.74) is 1.65. The van der Waals surface area contributed by atoms with Gasteiger partial charge in [-0.3, -0.25) is 15.0 Å². The highest BCUT2D eigenvalue weighted by atomic mass is 32.2. The number of nitrogens with zero attached hydrogens (tertiary/aromatic N) is 3. The van der Waals surface area contributed by atoms with Gasteiger partial charge in [0, 0.05) is 18.9 Å². The summed E-state index contributed by atoms with van der Waals surface area (Å²) in [6.45, 7) is 4.44. The van der Waals surface area contributed by atoms with E-state index in [1.807, 2.05) is 10.8 Å². The molecule has 1 unspecified atom stereocenters. The molecule has 3 rings (SSSR count). The van der Waals surface area contributed by atoms with E-state index in [4.69, 9.17) is 4.74 Å². The van der Waals surface area contributed by atoms with Gasteiger partial charge < -0.3 is 14.6 Å². The van der Waals surface area contributed by atoms with Gasteiger partial charge >= 0.3 is 6.03 Å². The molecule has 154 valence electrons. The summed E-state index contributed by atoms with van der Waals surface area (Å²) >= 11 is 1.24. The van der Waals surface area contributed by atoms with Gasteiger partial charge in [-0.25, -0.2) is 9.78 Å². The fourth-order valence-corrected chi connectivity index (χ4v) is 3.78. The van der Waals surface area contributed by atoms with Crippen molar-refractivity contribution in [1.82, 2.24) is 25.3 Å². The highest BCUT2D eigenvalue weighted by Gasteiger charge is 2.50. The van der Waals surface area contributed by atoms with Crippen LogP contribution < -0.4 is 15.5 Å². The number of aryl methyl sites for hydroxylation is 1. The van der Waals surface area contributed by atoms with Crippen LogP contribution in [0.25, 0.3) is 0 Å². The number of thioether (sulfide) groups is 1. The minimum Gasteiger partial charge on any atom is -0.497 e. The van der Waals surface area contributed by atoms with E-state index in [1.165, 1.54) is 18.9 Å². The van der Waals surface area contributed by atoms with Crippen molar-refractivity contribution in [1.29, 1.82) is 0 Å². The van der Waals surface area contributed by atoms with Crippen LogP contribution in [0.5, 0.6) is 5.75 Å². The van der Waals surface area contributed by atoms with Gasteiger partial charge in [-0.15, -0.1) is 0 Å². The second kappa shape index (κ2) is 8.56. The van der Waals surface area contributed by atoms with Gasteiger partial charge in [-0.1, -0.05) is 30.8 Å². The number of urea groups is 1. The zero-order chi connectivity index (χ0) is 21.0. The quantitative estimate of drug-likeness (QED) is 0.502. The first-order valence-electron chi connectivity index (χ1n) is 9.13. The molecule has 29 heavy (non-hydrogen) atoms. The molecule has 4 amide bonds. The molecule has 2 heterocycles. The zero-order valence-corrected chi connectivity index (χ0v) is 17.3. The number of hydrogen-bond acceptors (Lipinski definition) is 6. The molecule has 1 aliphatic heterocycles. The van der Waals surface area contributed by atoms with E-state index in [0.717, 1.165) is 18.0 Å². The normalized spacial score (nSPS) is 18.7. The third-order valence-electron chi connectivity index (χ3n) is 4.55. The van der Waals surface area contributed by atoms with Crippen LogP contribution in [0.4, 0.5) is 4.79 Å². The zero-order valence-electron chi connectivity index (χ0n) is 16.5. The number of hydrogen-bond donors (Lipinski definition) is 2. The van der Waals surface area contributed by atoms with Crippen molar-refractivity contribution in [3.8, 4) is 5.75 Å². The minimum absolute atomic E-state index is 0.0215. The van der Waals surface area contributed by atoms with Gasteiger partial charge in [0.15, 0.2) is 5.16 Å². The lowest BCUT2D eigenvalue weighted by Gasteiger charge is -2.22. The van der Waals surface area contributed by atoms with Gasteiger partial charge in [0.25, 0.3) is 5.91 Å². The molecule has 1 saturated heterocycles. The molecule has 1 aromatic heterocycles. The van der Waals surface area contributed by atoms with Gasteiger partial charge in [0.2, 0.25) is 5.91 Å². The SMILES string of the molecule is CCCn1ccnc1SCC(=O)NN1C(=O)NC(C)(c2cccc(OC)c2)C1=O. The summed E-state index contributed by atoms with van der Waals surface area (Å²) in [5, 5.41) is 4.07. The Morgan fingerprint density at radius 2 is 2.17 bits per heavy atom.